The topological polar surface area (TPSA) is 55.1 Å². The first kappa shape index (κ1) is 11.2. The summed E-state index contributed by atoms with van der Waals surface area (Å²) in [5.41, 5.74) is 5.02. The van der Waals surface area contributed by atoms with Crippen LogP contribution >= 0.6 is 11.3 Å². The number of nitrogens with one attached hydrogen (secondary N) is 1. The van der Waals surface area contributed by atoms with E-state index in [-0.39, 0.29) is 18.0 Å². The summed E-state index contributed by atoms with van der Waals surface area (Å²) in [6.07, 6.45) is 0.844. The van der Waals surface area contributed by atoms with Crippen LogP contribution in [0.3, 0.4) is 0 Å². The van der Waals surface area contributed by atoms with Crippen LogP contribution in [-0.2, 0) is 11.2 Å². The standard InChI is InChI=1S/C10H16N2OS/c1-10(2,12-9(13)7-11)6-8-4-3-5-14-8/h3-5H,6-7,11H2,1-2H3,(H,12,13). The van der Waals surface area contributed by atoms with Crippen LogP contribution in [0, 0.1) is 0 Å². The number of carbonyl (C=O) groups excluding carboxylic acids is 1. The first-order valence-electron chi connectivity index (χ1n) is 4.57. The molecule has 3 nitrogen and oxygen atoms in total. The highest BCUT2D eigenvalue weighted by molar-refractivity contribution is 7.09. The van der Waals surface area contributed by atoms with Gasteiger partial charge in [0.1, 0.15) is 0 Å². The summed E-state index contributed by atoms with van der Waals surface area (Å²) in [5.74, 6) is -0.105. The number of amides is 1. The highest BCUT2D eigenvalue weighted by atomic mass is 32.1. The summed E-state index contributed by atoms with van der Waals surface area (Å²) in [4.78, 5) is 12.4. The van der Waals surface area contributed by atoms with E-state index in [1.165, 1.54) is 4.88 Å². The lowest BCUT2D eigenvalue weighted by Crippen LogP contribution is -2.47. The average Bonchev–Trinajstić information content (AvgIpc) is 2.54. The molecule has 0 aliphatic rings. The van der Waals surface area contributed by atoms with Crippen LogP contribution in [0.2, 0.25) is 0 Å². The van der Waals surface area contributed by atoms with Gasteiger partial charge in [-0.25, -0.2) is 0 Å². The fourth-order valence-electron chi connectivity index (χ4n) is 1.32. The summed E-state index contributed by atoms with van der Waals surface area (Å²) in [7, 11) is 0. The predicted octanol–water partition coefficient (Wildman–Crippen LogP) is 1.14. The van der Waals surface area contributed by atoms with Crippen LogP contribution in [0.4, 0.5) is 0 Å². The number of hydrogen-bond acceptors (Lipinski definition) is 3. The maximum absolute atomic E-state index is 11.1. The van der Waals surface area contributed by atoms with Crippen molar-refractivity contribution >= 4 is 17.2 Å². The molecule has 3 N–H and O–H groups in total. The Morgan fingerprint density at radius 2 is 2.36 bits per heavy atom. The molecule has 1 rings (SSSR count). The van der Waals surface area contributed by atoms with Gasteiger partial charge in [-0.1, -0.05) is 6.07 Å². The molecule has 0 unspecified atom stereocenters. The van der Waals surface area contributed by atoms with E-state index in [1.807, 2.05) is 25.3 Å². The van der Waals surface area contributed by atoms with Crippen LogP contribution in [0.15, 0.2) is 17.5 Å². The Labute approximate surface area is 88.3 Å². The molecule has 0 aliphatic heterocycles. The van der Waals surface area contributed by atoms with Gasteiger partial charge in [0.15, 0.2) is 0 Å². The third-order valence-electron chi connectivity index (χ3n) is 1.86. The van der Waals surface area contributed by atoms with Gasteiger partial charge in [0, 0.05) is 16.8 Å². The van der Waals surface area contributed by atoms with Gasteiger partial charge in [-0.05, 0) is 25.3 Å². The largest absolute Gasteiger partial charge is 0.350 e. The van der Waals surface area contributed by atoms with Crippen molar-refractivity contribution in [3.63, 3.8) is 0 Å². The molecule has 14 heavy (non-hydrogen) atoms. The van der Waals surface area contributed by atoms with Crippen molar-refractivity contribution in [2.24, 2.45) is 5.73 Å². The van der Waals surface area contributed by atoms with Gasteiger partial charge in [0.05, 0.1) is 6.54 Å². The van der Waals surface area contributed by atoms with Crippen molar-refractivity contribution in [2.75, 3.05) is 6.54 Å². The molecule has 0 fully saturated rings. The number of carbonyl (C=O) groups is 1. The Morgan fingerprint density at radius 1 is 1.64 bits per heavy atom. The molecule has 1 heterocycles. The van der Waals surface area contributed by atoms with Gasteiger partial charge < -0.3 is 11.1 Å². The molecule has 0 atom stereocenters. The molecule has 0 saturated heterocycles. The van der Waals surface area contributed by atoms with E-state index in [0.29, 0.717) is 0 Å². The number of thiophene rings is 1. The third kappa shape index (κ3) is 3.47. The quantitative estimate of drug-likeness (QED) is 0.786. The van der Waals surface area contributed by atoms with Crippen molar-refractivity contribution in [1.29, 1.82) is 0 Å². The smallest absolute Gasteiger partial charge is 0.234 e. The lowest BCUT2D eigenvalue weighted by molar-refractivity contribution is -0.121. The zero-order valence-electron chi connectivity index (χ0n) is 8.54. The van der Waals surface area contributed by atoms with Crippen molar-refractivity contribution in [2.45, 2.75) is 25.8 Å². The summed E-state index contributed by atoms with van der Waals surface area (Å²) < 4.78 is 0. The first-order valence-corrected chi connectivity index (χ1v) is 5.45. The molecule has 0 aliphatic carbocycles. The Kier molecular flexibility index (Phi) is 3.66. The molecule has 4 heteroatoms. The van der Waals surface area contributed by atoms with E-state index in [9.17, 15) is 4.79 Å². The monoisotopic (exact) mass is 212 g/mol. The second-order valence-corrected chi connectivity index (χ2v) is 4.92. The van der Waals surface area contributed by atoms with Crippen molar-refractivity contribution in [1.82, 2.24) is 5.32 Å². The molecule has 0 spiro atoms. The van der Waals surface area contributed by atoms with E-state index >= 15 is 0 Å². The third-order valence-corrected chi connectivity index (χ3v) is 2.74. The minimum absolute atomic E-state index is 0.0495. The fourth-order valence-corrected chi connectivity index (χ4v) is 2.25. The highest BCUT2D eigenvalue weighted by Crippen LogP contribution is 2.16. The molecule has 1 amide bonds. The molecule has 0 radical (unpaired) electrons. The normalized spacial score (nSPS) is 11.4. The minimum Gasteiger partial charge on any atom is -0.350 e. The van der Waals surface area contributed by atoms with Crippen LogP contribution in [0.25, 0.3) is 0 Å². The molecular weight excluding hydrogens is 196 g/mol. The molecule has 0 saturated carbocycles. The van der Waals surface area contributed by atoms with Gasteiger partial charge in [-0.3, -0.25) is 4.79 Å². The van der Waals surface area contributed by atoms with Crippen LogP contribution in [0.5, 0.6) is 0 Å². The summed E-state index contributed by atoms with van der Waals surface area (Å²) in [6.45, 7) is 4.05. The summed E-state index contributed by atoms with van der Waals surface area (Å²) >= 11 is 1.70. The lowest BCUT2D eigenvalue weighted by Gasteiger charge is -2.25. The fraction of sp³-hybridized carbons (Fsp3) is 0.500. The summed E-state index contributed by atoms with van der Waals surface area (Å²) in [5, 5.41) is 4.92. The number of nitrogens with two attached hydrogens (primary N) is 1. The molecule has 0 bridgehead atoms. The van der Waals surface area contributed by atoms with E-state index in [1.54, 1.807) is 11.3 Å². The van der Waals surface area contributed by atoms with Crippen molar-refractivity contribution in [3.05, 3.63) is 22.4 Å². The second-order valence-electron chi connectivity index (χ2n) is 3.89. The Balaban J connectivity index is 2.53. The SMILES string of the molecule is CC(C)(Cc1cccs1)NC(=O)CN. The Bertz CT molecular complexity index is 293. The Hall–Kier alpha value is -0.870. The van der Waals surface area contributed by atoms with Gasteiger partial charge in [-0.15, -0.1) is 11.3 Å². The molecule has 0 aromatic carbocycles. The zero-order chi connectivity index (χ0) is 10.6. The van der Waals surface area contributed by atoms with Crippen LogP contribution < -0.4 is 11.1 Å². The Morgan fingerprint density at radius 3 is 2.86 bits per heavy atom. The highest BCUT2D eigenvalue weighted by Gasteiger charge is 2.20. The van der Waals surface area contributed by atoms with Crippen LogP contribution in [-0.4, -0.2) is 18.0 Å². The molecule has 1 aromatic rings. The lowest BCUT2D eigenvalue weighted by atomic mass is 9.99. The minimum atomic E-state index is -0.221. The van der Waals surface area contributed by atoms with E-state index in [2.05, 4.69) is 11.4 Å². The zero-order valence-corrected chi connectivity index (χ0v) is 9.36. The van der Waals surface area contributed by atoms with Gasteiger partial charge in [-0.2, -0.15) is 0 Å². The average molecular weight is 212 g/mol. The first-order chi connectivity index (χ1) is 6.53. The molecular formula is C10H16N2OS. The predicted molar refractivity (Wildman–Crippen MR) is 59.3 cm³/mol. The molecule has 78 valence electrons. The molecule has 1 aromatic heterocycles. The van der Waals surface area contributed by atoms with E-state index in [0.717, 1.165) is 6.42 Å². The number of rotatable bonds is 4. The maximum Gasteiger partial charge on any atom is 0.234 e. The van der Waals surface area contributed by atoms with Crippen molar-refractivity contribution in [3.8, 4) is 0 Å². The maximum atomic E-state index is 11.1. The van der Waals surface area contributed by atoms with Gasteiger partial charge in [0.25, 0.3) is 0 Å². The van der Waals surface area contributed by atoms with E-state index < -0.39 is 0 Å². The van der Waals surface area contributed by atoms with Gasteiger partial charge in [0.2, 0.25) is 5.91 Å². The van der Waals surface area contributed by atoms with Crippen molar-refractivity contribution < 1.29 is 4.79 Å². The van der Waals surface area contributed by atoms with Crippen LogP contribution in [0.1, 0.15) is 18.7 Å². The van der Waals surface area contributed by atoms with E-state index in [4.69, 9.17) is 5.73 Å². The summed E-state index contributed by atoms with van der Waals surface area (Å²) in [6, 6.07) is 4.09. The second kappa shape index (κ2) is 4.57. The van der Waals surface area contributed by atoms with Gasteiger partial charge >= 0.3 is 0 Å². The number of hydrogen-bond donors (Lipinski definition) is 2.